The van der Waals surface area contributed by atoms with Gasteiger partial charge in [-0.1, -0.05) is 36.4 Å². The highest BCUT2D eigenvalue weighted by Crippen LogP contribution is 2.17. The molecule has 0 atom stereocenters. The second-order valence-corrected chi connectivity index (χ2v) is 4.57. The van der Waals surface area contributed by atoms with Crippen molar-refractivity contribution in [2.75, 3.05) is 11.9 Å². The van der Waals surface area contributed by atoms with E-state index in [1.54, 1.807) is 0 Å². The summed E-state index contributed by atoms with van der Waals surface area (Å²) < 4.78 is 26.7. The van der Waals surface area contributed by atoms with Crippen molar-refractivity contribution >= 4 is 11.7 Å². The van der Waals surface area contributed by atoms with Gasteiger partial charge >= 0.3 is 6.03 Å². The van der Waals surface area contributed by atoms with Gasteiger partial charge in [0.25, 0.3) is 0 Å². The lowest BCUT2D eigenvalue weighted by Crippen LogP contribution is -2.30. The van der Waals surface area contributed by atoms with E-state index in [1.165, 1.54) is 11.6 Å². The lowest BCUT2D eigenvalue weighted by Gasteiger charge is -2.09. The lowest BCUT2D eigenvalue weighted by atomic mass is 10.1. The molecule has 0 radical (unpaired) electrons. The van der Waals surface area contributed by atoms with Crippen LogP contribution in [0.15, 0.2) is 48.5 Å². The van der Waals surface area contributed by atoms with Gasteiger partial charge in [-0.3, -0.25) is 0 Å². The van der Waals surface area contributed by atoms with Crippen molar-refractivity contribution in [3.8, 4) is 0 Å². The number of nitrogens with one attached hydrogen (secondary N) is 2. The predicted molar refractivity (Wildman–Crippen MR) is 78.1 cm³/mol. The molecular weight excluding hydrogens is 274 g/mol. The minimum atomic E-state index is -0.797. The Bertz CT molecular complexity index is 582. The highest BCUT2D eigenvalue weighted by molar-refractivity contribution is 5.89. The highest BCUT2D eigenvalue weighted by Gasteiger charge is 2.10. The van der Waals surface area contributed by atoms with E-state index in [1.807, 2.05) is 30.3 Å². The Morgan fingerprint density at radius 2 is 1.62 bits per heavy atom. The molecule has 2 amide bonds. The maximum Gasteiger partial charge on any atom is 0.319 e. The summed E-state index contributed by atoms with van der Waals surface area (Å²) in [7, 11) is 0. The summed E-state index contributed by atoms with van der Waals surface area (Å²) in [6, 6.07) is 12.7. The molecule has 0 aliphatic rings. The fourth-order valence-electron chi connectivity index (χ4n) is 1.91. The van der Waals surface area contributed by atoms with Gasteiger partial charge in [-0.25, -0.2) is 13.6 Å². The Morgan fingerprint density at radius 1 is 0.952 bits per heavy atom. The first-order valence-corrected chi connectivity index (χ1v) is 6.69. The Morgan fingerprint density at radius 3 is 2.29 bits per heavy atom. The molecule has 0 aliphatic heterocycles. The van der Waals surface area contributed by atoms with Gasteiger partial charge < -0.3 is 10.6 Å². The molecule has 5 heteroatoms. The third-order valence-corrected chi connectivity index (χ3v) is 2.97. The first-order valence-electron chi connectivity index (χ1n) is 6.69. The minimum Gasteiger partial charge on any atom is -0.338 e. The molecule has 2 aromatic rings. The number of rotatable bonds is 5. The lowest BCUT2D eigenvalue weighted by molar-refractivity contribution is 0.251. The number of hydrogen-bond donors (Lipinski definition) is 2. The van der Waals surface area contributed by atoms with Gasteiger partial charge in [0.1, 0.15) is 17.3 Å². The van der Waals surface area contributed by atoms with E-state index >= 15 is 0 Å². The molecule has 2 rings (SSSR count). The zero-order valence-corrected chi connectivity index (χ0v) is 11.4. The summed E-state index contributed by atoms with van der Waals surface area (Å²) in [6.07, 6.45) is 1.58. The first-order chi connectivity index (χ1) is 10.2. The van der Waals surface area contributed by atoms with Gasteiger partial charge in [-0.15, -0.1) is 0 Å². The molecule has 2 N–H and O–H groups in total. The molecule has 0 bridgehead atoms. The van der Waals surface area contributed by atoms with Gasteiger partial charge in [0.15, 0.2) is 0 Å². The van der Waals surface area contributed by atoms with Crippen LogP contribution in [0.2, 0.25) is 0 Å². The van der Waals surface area contributed by atoms with Crippen LogP contribution < -0.4 is 10.6 Å². The van der Waals surface area contributed by atoms with Gasteiger partial charge in [0, 0.05) is 6.54 Å². The molecule has 2 aromatic carbocycles. The largest absolute Gasteiger partial charge is 0.338 e. The van der Waals surface area contributed by atoms with Crippen LogP contribution in [0.3, 0.4) is 0 Å². The zero-order valence-electron chi connectivity index (χ0n) is 11.4. The van der Waals surface area contributed by atoms with Crippen molar-refractivity contribution < 1.29 is 13.6 Å². The fourth-order valence-corrected chi connectivity index (χ4v) is 1.91. The number of aryl methyl sites for hydroxylation is 1. The summed E-state index contributed by atoms with van der Waals surface area (Å²) in [5.41, 5.74) is 0.748. The zero-order chi connectivity index (χ0) is 15.1. The molecule has 3 nitrogen and oxygen atoms in total. The number of carbonyl (C=O) groups excluding carboxylic acids is 1. The van der Waals surface area contributed by atoms with E-state index in [2.05, 4.69) is 10.6 Å². The number of urea groups is 1. The molecule has 0 spiro atoms. The monoisotopic (exact) mass is 290 g/mol. The van der Waals surface area contributed by atoms with Crippen molar-refractivity contribution in [3.05, 3.63) is 65.7 Å². The van der Waals surface area contributed by atoms with E-state index in [0.717, 1.165) is 25.0 Å². The summed E-state index contributed by atoms with van der Waals surface area (Å²) in [6.45, 7) is 0.427. The van der Waals surface area contributed by atoms with Crippen LogP contribution in [-0.2, 0) is 6.42 Å². The number of halogens is 2. The van der Waals surface area contributed by atoms with Crippen molar-refractivity contribution in [2.45, 2.75) is 12.8 Å². The van der Waals surface area contributed by atoms with Crippen LogP contribution in [0.5, 0.6) is 0 Å². The maximum atomic E-state index is 13.3. The fraction of sp³-hybridized carbons (Fsp3) is 0.188. The van der Waals surface area contributed by atoms with Crippen LogP contribution in [0, 0.1) is 11.6 Å². The van der Waals surface area contributed by atoms with E-state index in [-0.39, 0.29) is 0 Å². The van der Waals surface area contributed by atoms with Crippen LogP contribution in [-0.4, -0.2) is 12.6 Å². The number of carbonyl (C=O) groups is 1. The summed E-state index contributed by atoms with van der Waals surface area (Å²) >= 11 is 0. The van der Waals surface area contributed by atoms with Crippen molar-refractivity contribution in [3.63, 3.8) is 0 Å². The van der Waals surface area contributed by atoms with Crippen LogP contribution in [0.1, 0.15) is 12.0 Å². The molecule has 0 unspecified atom stereocenters. The summed E-state index contributed by atoms with van der Waals surface area (Å²) in [5.74, 6) is -1.59. The second kappa shape index (κ2) is 7.38. The van der Waals surface area contributed by atoms with E-state index in [0.29, 0.717) is 6.54 Å². The molecule has 0 aromatic heterocycles. The SMILES string of the molecule is O=C(NCCCc1ccccc1)Nc1c(F)cccc1F. The Balaban J connectivity index is 1.75. The third-order valence-electron chi connectivity index (χ3n) is 2.97. The molecule has 0 saturated carbocycles. The second-order valence-electron chi connectivity index (χ2n) is 4.57. The van der Waals surface area contributed by atoms with Crippen molar-refractivity contribution in [2.24, 2.45) is 0 Å². The molecule has 0 fully saturated rings. The minimum absolute atomic E-state index is 0.427. The number of hydrogen-bond acceptors (Lipinski definition) is 1. The molecule has 0 saturated heterocycles. The average molecular weight is 290 g/mol. The standard InChI is InChI=1S/C16H16F2N2O/c17-13-9-4-10-14(18)15(13)20-16(21)19-11-5-8-12-6-2-1-3-7-12/h1-4,6-7,9-10H,5,8,11H2,(H2,19,20,21). The topological polar surface area (TPSA) is 41.1 Å². The average Bonchev–Trinajstić information content (AvgIpc) is 2.49. The van der Waals surface area contributed by atoms with Gasteiger partial charge in [-0.2, -0.15) is 0 Å². The number of para-hydroxylation sites is 1. The predicted octanol–water partition coefficient (Wildman–Crippen LogP) is 3.72. The normalized spacial score (nSPS) is 10.2. The van der Waals surface area contributed by atoms with Crippen molar-refractivity contribution in [1.29, 1.82) is 0 Å². The molecular formula is C16H16F2N2O. The molecule has 0 aliphatic carbocycles. The molecule has 21 heavy (non-hydrogen) atoms. The third kappa shape index (κ3) is 4.56. The Kier molecular flexibility index (Phi) is 5.26. The van der Waals surface area contributed by atoms with Gasteiger partial charge in [-0.05, 0) is 30.5 Å². The van der Waals surface area contributed by atoms with E-state index in [9.17, 15) is 13.6 Å². The number of benzene rings is 2. The van der Waals surface area contributed by atoms with Crippen LogP contribution in [0.25, 0.3) is 0 Å². The highest BCUT2D eigenvalue weighted by atomic mass is 19.1. The van der Waals surface area contributed by atoms with Crippen LogP contribution in [0.4, 0.5) is 19.3 Å². The maximum absolute atomic E-state index is 13.3. The summed E-state index contributed by atoms with van der Waals surface area (Å²) in [4.78, 5) is 11.6. The quantitative estimate of drug-likeness (QED) is 0.810. The van der Waals surface area contributed by atoms with E-state index in [4.69, 9.17) is 0 Å². The summed E-state index contributed by atoms with van der Waals surface area (Å²) in [5, 5.41) is 4.75. The number of amides is 2. The van der Waals surface area contributed by atoms with E-state index < -0.39 is 23.4 Å². The molecule has 0 heterocycles. The van der Waals surface area contributed by atoms with Crippen molar-refractivity contribution in [1.82, 2.24) is 5.32 Å². The molecule has 110 valence electrons. The van der Waals surface area contributed by atoms with Gasteiger partial charge in [0.05, 0.1) is 0 Å². The van der Waals surface area contributed by atoms with Gasteiger partial charge in [0.2, 0.25) is 0 Å². The first kappa shape index (κ1) is 15.0. The smallest absolute Gasteiger partial charge is 0.319 e. The van der Waals surface area contributed by atoms with Crippen LogP contribution >= 0.6 is 0 Å². The Labute approximate surface area is 122 Å². The Hall–Kier alpha value is -2.43. The number of anilines is 1.